The number of alkyl halides is 1. The summed E-state index contributed by atoms with van der Waals surface area (Å²) in [6, 6.07) is 4.07. The van der Waals surface area contributed by atoms with E-state index in [4.69, 9.17) is 4.74 Å². The molecular formula is C9H9Br3O. The SMILES string of the molecule is Cc1cc(Br)c(OCCBr)c(Br)c1. The lowest BCUT2D eigenvalue weighted by molar-refractivity contribution is 0.340. The molecule has 13 heavy (non-hydrogen) atoms. The quantitative estimate of drug-likeness (QED) is 0.719. The molecule has 0 heterocycles. The van der Waals surface area contributed by atoms with Crippen molar-refractivity contribution in [3.8, 4) is 5.75 Å². The molecule has 0 saturated carbocycles. The summed E-state index contributed by atoms with van der Waals surface area (Å²) in [4.78, 5) is 0. The van der Waals surface area contributed by atoms with Crippen LogP contribution < -0.4 is 4.74 Å². The van der Waals surface area contributed by atoms with Crippen molar-refractivity contribution in [2.75, 3.05) is 11.9 Å². The average Bonchev–Trinajstić information content (AvgIpc) is 2.02. The van der Waals surface area contributed by atoms with Gasteiger partial charge in [-0.05, 0) is 56.5 Å². The van der Waals surface area contributed by atoms with Gasteiger partial charge in [-0.15, -0.1) is 0 Å². The van der Waals surface area contributed by atoms with Gasteiger partial charge in [-0.25, -0.2) is 0 Å². The second-order valence-electron chi connectivity index (χ2n) is 2.60. The average molecular weight is 373 g/mol. The largest absolute Gasteiger partial charge is 0.490 e. The zero-order valence-corrected chi connectivity index (χ0v) is 11.9. The van der Waals surface area contributed by atoms with Crippen molar-refractivity contribution < 1.29 is 4.74 Å². The van der Waals surface area contributed by atoms with Crippen LogP contribution in [0.25, 0.3) is 0 Å². The zero-order chi connectivity index (χ0) is 9.84. The van der Waals surface area contributed by atoms with Gasteiger partial charge < -0.3 is 4.74 Å². The number of ether oxygens (including phenoxy) is 1. The molecule has 1 aromatic carbocycles. The van der Waals surface area contributed by atoms with Gasteiger partial charge >= 0.3 is 0 Å². The molecule has 0 N–H and O–H groups in total. The van der Waals surface area contributed by atoms with Gasteiger partial charge in [0.15, 0.2) is 0 Å². The number of aryl methyl sites for hydroxylation is 1. The number of halogens is 3. The maximum Gasteiger partial charge on any atom is 0.147 e. The minimum Gasteiger partial charge on any atom is -0.490 e. The molecule has 0 aliphatic rings. The third-order valence-corrected chi connectivity index (χ3v) is 2.97. The molecule has 1 nitrogen and oxygen atoms in total. The molecule has 0 fully saturated rings. The third-order valence-electron chi connectivity index (χ3n) is 1.47. The van der Waals surface area contributed by atoms with Gasteiger partial charge in [0.25, 0.3) is 0 Å². The van der Waals surface area contributed by atoms with E-state index >= 15 is 0 Å². The van der Waals surface area contributed by atoms with E-state index in [0.717, 1.165) is 20.0 Å². The van der Waals surface area contributed by atoms with Crippen LogP contribution in [0.1, 0.15) is 5.56 Å². The van der Waals surface area contributed by atoms with Crippen molar-refractivity contribution in [3.05, 3.63) is 26.6 Å². The molecule has 1 rings (SSSR count). The second kappa shape index (κ2) is 5.37. The van der Waals surface area contributed by atoms with Gasteiger partial charge in [0.05, 0.1) is 15.6 Å². The lowest BCUT2D eigenvalue weighted by atomic mass is 10.2. The smallest absolute Gasteiger partial charge is 0.147 e. The summed E-state index contributed by atoms with van der Waals surface area (Å²) in [5.74, 6) is 0.866. The van der Waals surface area contributed by atoms with Crippen LogP contribution in [0, 0.1) is 6.92 Å². The number of hydrogen-bond acceptors (Lipinski definition) is 1. The van der Waals surface area contributed by atoms with Gasteiger partial charge in [-0.1, -0.05) is 15.9 Å². The summed E-state index contributed by atoms with van der Waals surface area (Å²) in [5.41, 5.74) is 1.20. The maximum absolute atomic E-state index is 5.53. The van der Waals surface area contributed by atoms with Gasteiger partial charge in [0.1, 0.15) is 5.75 Å². The van der Waals surface area contributed by atoms with Crippen LogP contribution >= 0.6 is 47.8 Å². The summed E-state index contributed by atoms with van der Waals surface area (Å²) < 4.78 is 7.50. The Morgan fingerprint density at radius 1 is 1.23 bits per heavy atom. The highest BCUT2D eigenvalue weighted by atomic mass is 79.9. The molecular weight excluding hydrogens is 364 g/mol. The van der Waals surface area contributed by atoms with E-state index < -0.39 is 0 Å². The molecule has 0 atom stereocenters. The molecule has 1 aromatic rings. The number of rotatable bonds is 3. The molecule has 72 valence electrons. The standard InChI is InChI=1S/C9H9Br3O/c1-6-4-7(11)9(8(12)5-6)13-3-2-10/h4-5H,2-3H2,1H3. The Hall–Kier alpha value is 0.460. The molecule has 0 radical (unpaired) electrons. The highest BCUT2D eigenvalue weighted by Crippen LogP contribution is 2.34. The topological polar surface area (TPSA) is 9.23 Å². The summed E-state index contributed by atoms with van der Waals surface area (Å²) in [6.45, 7) is 2.71. The summed E-state index contributed by atoms with van der Waals surface area (Å²) in [6.07, 6.45) is 0. The second-order valence-corrected chi connectivity index (χ2v) is 5.10. The Kier molecular flexibility index (Phi) is 4.76. The first-order valence-electron chi connectivity index (χ1n) is 3.79. The number of benzene rings is 1. The van der Waals surface area contributed by atoms with Crippen molar-refractivity contribution in [2.24, 2.45) is 0 Å². The van der Waals surface area contributed by atoms with Crippen molar-refractivity contribution in [1.29, 1.82) is 0 Å². The molecule has 0 spiro atoms. The highest BCUT2D eigenvalue weighted by molar-refractivity contribution is 9.11. The first-order chi connectivity index (χ1) is 6.15. The predicted molar refractivity (Wildman–Crippen MR) is 65.9 cm³/mol. The molecule has 0 aliphatic carbocycles. The van der Waals surface area contributed by atoms with Crippen LogP contribution in [0.4, 0.5) is 0 Å². The van der Waals surface area contributed by atoms with Crippen LogP contribution in [-0.4, -0.2) is 11.9 Å². The van der Waals surface area contributed by atoms with E-state index in [1.165, 1.54) is 5.56 Å². The van der Waals surface area contributed by atoms with E-state index in [9.17, 15) is 0 Å². The normalized spacial score (nSPS) is 10.2. The summed E-state index contributed by atoms with van der Waals surface area (Å²) in [5, 5.41) is 0.833. The molecule has 0 aliphatic heterocycles. The first-order valence-corrected chi connectivity index (χ1v) is 6.50. The fraction of sp³-hybridized carbons (Fsp3) is 0.333. The van der Waals surface area contributed by atoms with Crippen molar-refractivity contribution in [1.82, 2.24) is 0 Å². The molecule has 0 unspecified atom stereocenters. The Balaban J connectivity index is 2.92. The van der Waals surface area contributed by atoms with E-state index in [-0.39, 0.29) is 0 Å². The van der Waals surface area contributed by atoms with Crippen LogP contribution in [0.2, 0.25) is 0 Å². The fourth-order valence-electron chi connectivity index (χ4n) is 0.965. The monoisotopic (exact) mass is 370 g/mol. The van der Waals surface area contributed by atoms with Crippen LogP contribution in [0.5, 0.6) is 5.75 Å². The minimum absolute atomic E-state index is 0.667. The molecule has 0 saturated heterocycles. The molecule has 4 heteroatoms. The van der Waals surface area contributed by atoms with E-state index in [1.54, 1.807) is 0 Å². The Morgan fingerprint density at radius 3 is 2.23 bits per heavy atom. The molecule has 0 aromatic heterocycles. The number of hydrogen-bond donors (Lipinski definition) is 0. The zero-order valence-electron chi connectivity index (χ0n) is 7.11. The van der Waals surface area contributed by atoms with Gasteiger partial charge in [-0.3, -0.25) is 0 Å². The minimum atomic E-state index is 0.667. The van der Waals surface area contributed by atoms with Gasteiger partial charge in [0, 0.05) is 5.33 Å². The van der Waals surface area contributed by atoms with Gasteiger partial charge in [-0.2, -0.15) is 0 Å². The van der Waals surface area contributed by atoms with E-state index in [1.807, 2.05) is 19.1 Å². The predicted octanol–water partition coefficient (Wildman–Crippen LogP) is 4.29. The lowest BCUT2D eigenvalue weighted by Crippen LogP contribution is -1.99. The van der Waals surface area contributed by atoms with E-state index in [0.29, 0.717) is 6.61 Å². The lowest BCUT2D eigenvalue weighted by Gasteiger charge is -2.09. The van der Waals surface area contributed by atoms with Crippen molar-refractivity contribution >= 4 is 47.8 Å². The fourth-order valence-corrected chi connectivity index (χ4v) is 2.77. The maximum atomic E-state index is 5.53. The Morgan fingerprint density at radius 2 is 1.77 bits per heavy atom. The molecule has 0 amide bonds. The van der Waals surface area contributed by atoms with Crippen LogP contribution in [-0.2, 0) is 0 Å². The summed E-state index contributed by atoms with van der Waals surface area (Å²) in [7, 11) is 0. The third kappa shape index (κ3) is 3.26. The van der Waals surface area contributed by atoms with E-state index in [2.05, 4.69) is 47.8 Å². The van der Waals surface area contributed by atoms with Crippen LogP contribution in [0.3, 0.4) is 0 Å². The Labute approximate surface area is 103 Å². The molecule has 0 bridgehead atoms. The Bertz CT molecular complexity index is 276. The first kappa shape index (κ1) is 11.5. The van der Waals surface area contributed by atoms with Crippen LogP contribution in [0.15, 0.2) is 21.1 Å². The summed E-state index contributed by atoms with van der Waals surface area (Å²) >= 11 is 10.2. The van der Waals surface area contributed by atoms with Crippen molar-refractivity contribution in [3.63, 3.8) is 0 Å². The highest BCUT2D eigenvalue weighted by Gasteiger charge is 2.06. The van der Waals surface area contributed by atoms with Crippen molar-refractivity contribution in [2.45, 2.75) is 6.92 Å². The van der Waals surface area contributed by atoms with Gasteiger partial charge in [0.2, 0.25) is 0 Å².